The van der Waals surface area contributed by atoms with Crippen LogP contribution >= 0.6 is 0 Å². The third-order valence-electron chi connectivity index (χ3n) is 8.61. The Balaban J connectivity index is 1.10. The molecule has 0 aromatic heterocycles. The van der Waals surface area contributed by atoms with E-state index in [4.69, 9.17) is 9.47 Å². The SMILES string of the molecule is CCCC1C=CC(COC2CCC(C3CCC(COc4ccc(C)cc4F)CC3)CC2)CC1. The molecule has 33 heavy (non-hydrogen) atoms. The Labute approximate surface area is 201 Å². The fourth-order valence-electron chi connectivity index (χ4n) is 6.43. The van der Waals surface area contributed by atoms with Crippen LogP contribution in [-0.4, -0.2) is 19.3 Å². The van der Waals surface area contributed by atoms with Crippen LogP contribution in [0.25, 0.3) is 0 Å². The summed E-state index contributed by atoms with van der Waals surface area (Å²) in [4.78, 5) is 0. The van der Waals surface area contributed by atoms with Gasteiger partial charge in [0.1, 0.15) is 0 Å². The zero-order chi connectivity index (χ0) is 23.0. The molecular formula is C30H45FO2. The van der Waals surface area contributed by atoms with E-state index >= 15 is 0 Å². The van der Waals surface area contributed by atoms with Crippen molar-refractivity contribution in [1.82, 2.24) is 0 Å². The minimum absolute atomic E-state index is 0.233. The lowest BCUT2D eigenvalue weighted by atomic mass is 9.70. The van der Waals surface area contributed by atoms with Gasteiger partial charge in [0.25, 0.3) is 0 Å². The Morgan fingerprint density at radius 2 is 1.48 bits per heavy atom. The van der Waals surface area contributed by atoms with E-state index in [9.17, 15) is 4.39 Å². The first-order valence-electron chi connectivity index (χ1n) is 13.8. The van der Waals surface area contributed by atoms with Crippen molar-refractivity contribution in [1.29, 1.82) is 0 Å². The Hall–Kier alpha value is -1.35. The minimum Gasteiger partial charge on any atom is -0.490 e. The lowest BCUT2D eigenvalue weighted by Crippen LogP contribution is -2.30. The molecule has 3 aliphatic rings. The van der Waals surface area contributed by atoms with Crippen LogP contribution in [0.5, 0.6) is 5.75 Å². The minimum atomic E-state index is -0.233. The van der Waals surface area contributed by atoms with E-state index < -0.39 is 0 Å². The number of benzene rings is 1. The Bertz CT molecular complexity index is 744. The molecular weight excluding hydrogens is 411 g/mol. The predicted octanol–water partition coefficient (Wildman–Crippen LogP) is 8.28. The van der Waals surface area contributed by atoms with Gasteiger partial charge in [0.2, 0.25) is 0 Å². The van der Waals surface area contributed by atoms with Gasteiger partial charge in [-0.2, -0.15) is 0 Å². The summed E-state index contributed by atoms with van der Waals surface area (Å²) in [5.41, 5.74) is 0.937. The average Bonchev–Trinajstić information content (AvgIpc) is 2.84. The lowest BCUT2D eigenvalue weighted by molar-refractivity contribution is -0.00607. The molecule has 0 aliphatic heterocycles. The fraction of sp³-hybridized carbons (Fsp3) is 0.733. The molecule has 0 radical (unpaired) electrons. The molecule has 1 aromatic rings. The van der Waals surface area contributed by atoms with Gasteiger partial charge in [-0.1, -0.05) is 31.6 Å². The first-order chi connectivity index (χ1) is 16.1. The molecule has 4 rings (SSSR count). The van der Waals surface area contributed by atoms with Crippen LogP contribution in [0.1, 0.15) is 89.5 Å². The number of ether oxygens (including phenoxy) is 2. The van der Waals surface area contributed by atoms with Crippen molar-refractivity contribution in [2.24, 2.45) is 29.6 Å². The first kappa shape index (κ1) is 24.8. The highest BCUT2D eigenvalue weighted by Crippen LogP contribution is 2.41. The highest BCUT2D eigenvalue weighted by atomic mass is 19.1. The Morgan fingerprint density at radius 1 is 0.818 bits per heavy atom. The van der Waals surface area contributed by atoms with Crippen LogP contribution in [0.2, 0.25) is 0 Å². The van der Waals surface area contributed by atoms with Gasteiger partial charge in [0.15, 0.2) is 11.6 Å². The summed E-state index contributed by atoms with van der Waals surface area (Å²) in [7, 11) is 0. The molecule has 0 spiro atoms. The van der Waals surface area contributed by atoms with Crippen molar-refractivity contribution in [2.75, 3.05) is 13.2 Å². The molecule has 2 nitrogen and oxygen atoms in total. The molecule has 0 N–H and O–H groups in total. The van der Waals surface area contributed by atoms with Gasteiger partial charge in [0.05, 0.1) is 19.3 Å². The number of allylic oxidation sites excluding steroid dienone is 1. The molecule has 3 aliphatic carbocycles. The van der Waals surface area contributed by atoms with E-state index in [1.54, 1.807) is 12.1 Å². The van der Waals surface area contributed by atoms with Gasteiger partial charge in [-0.15, -0.1) is 0 Å². The highest BCUT2D eigenvalue weighted by molar-refractivity contribution is 5.28. The topological polar surface area (TPSA) is 18.5 Å². The Morgan fingerprint density at radius 3 is 2.12 bits per heavy atom. The molecule has 0 saturated heterocycles. The van der Waals surface area contributed by atoms with E-state index in [0.29, 0.717) is 30.3 Å². The standard InChI is InChI=1S/C30H45FO2/c1-3-4-23-6-8-24(9-7-23)20-32-28-16-14-27(15-17-28)26-12-10-25(11-13-26)21-33-30-18-5-22(2)19-29(30)31/h5-6,8,18-19,23-28H,3-4,7,9-17,20-21H2,1-2H3. The summed E-state index contributed by atoms with van der Waals surface area (Å²) in [6, 6.07) is 5.25. The molecule has 184 valence electrons. The molecule has 2 unspecified atom stereocenters. The van der Waals surface area contributed by atoms with Crippen molar-refractivity contribution >= 4 is 0 Å². The normalized spacial score (nSPS) is 32.6. The summed E-state index contributed by atoms with van der Waals surface area (Å²) < 4.78 is 26.2. The highest BCUT2D eigenvalue weighted by Gasteiger charge is 2.31. The number of rotatable bonds is 9. The third-order valence-corrected chi connectivity index (χ3v) is 8.61. The lowest BCUT2D eigenvalue weighted by Gasteiger charge is -2.38. The maximum atomic E-state index is 14.0. The van der Waals surface area contributed by atoms with Crippen LogP contribution in [0.3, 0.4) is 0 Å². The van der Waals surface area contributed by atoms with Crippen molar-refractivity contribution in [3.63, 3.8) is 0 Å². The molecule has 1 aromatic carbocycles. The van der Waals surface area contributed by atoms with Crippen molar-refractivity contribution in [3.05, 3.63) is 41.7 Å². The van der Waals surface area contributed by atoms with Crippen molar-refractivity contribution < 1.29 is 13.9 Å². The van der Waals surface area contributed by atoms with Crippen LogP contribution in [0.4, 0.5) is 4.39 Å². The molecule has 0 heterocycles. The van der Waals surface area contributed by atoms with Gasteiger partial charge in [-0.25, -0.2) is 4.39 Å². The number of hydrogen-bond acceptors (Lipinski definition) is 2. The van der Waals surface area contributed by atoms with E-state index in [1.807, 2.05) is 13.0 Å². The smallest absolute Gasteiger partial charge is 0.165 e. The molecule has 2 fully saturated rings. The zero-order valence-corrected chi connectivity index (χ0v) is 20.9. The second-order valence-corrected chi connectivity index (χ2v) is 11.2. The zero-order valence-electron chi connectivity index (χ0n) is 20.9. The number of halogens is 1. The number of aryl methyl sites for hydroxylation is 1. The van der Waals surface area contributed by atoms with Crippen LogP contribution in [0.15, 0.2) is 30.4 Å². The summed E-state index contributed by atoms with van der Waals surface area (Å²) in [5, 5.41) is 0. The monoisotopic (exact) mass is 456 g/mol. The van der Waals surface area contributed by atoms with Crippen LogP contribution < -0.4 is 4.74 Å². The second-order valence-electron chi connectivity index (χ2n) is 11.2. The van der Waals surface area contributed by atoms with Crippen molar-refractivity contribution in [3.8, 4) is 5.75 Å². The fourth-order valence-corrected chi connectivity index (χ4v) is 6.43. The molecule has 2 saturated carbocycles. The van der Waals surface area contributed by atoms with Crippen molar-refractivity contribution in [2.45, 2.75) is 97.0 Å². The van der Waals surface area contributed by atoms with Gasteiger partial charge in [-0.3, -0.25) is 0 Å². The van der Waals surface area contributed by atoms with Gasteiger partial charge in [0, 0.05) is 5.92 Å². The molecule has 0 amide bonds. The van der Waals surface area contributed by atoms with Gasteiger partial charge >= 0.3 is 0 Å². The second kappa shape index (κ2) is 12.4. The van der Waals surface area contributed by atoms with E-state index in [-0.39, 0.29) is 5.82 Å². The van der Waals surface area contributed by atoms with E-state index in [1.165, 1.54) is 77.0 Å². The van der Waals surface area contributed by atoms with Crippen LogP contribution in [0, 0.1) is 42.3 Å². The summed E-state index contributed by atoms with van der Waals surface area (Å²) in [6.07, 6.45) is 20.9. The maximum Gasteiger partial charge on any atom is 0.165 e. The molecule has 2 atom stereocenters. The largest absolute Gasteiger partial charge is 0.490 e. The van der Waals surface area contributed by atoms with E-state index in [0.717, 1.165) is 29.9 Å². The van der Waals surface area contributed by atoms with Crippen LogP contribution in [-0.2, 0) is 4.74 Å². The first-order valence-corrected chi connectivity index (χ1v) is 13.8. The average molecular weight is 457 g/mol. The molecule has 3 heteroatoms. The van der Waals surface area contributed by atoms with E-state index in [2.05, 4.69) is 19.1 Å². The summed E-state index contributed by atoms with van der Waals surface area (Å²) >= 11 is 0. The third kappa shape index (κ3) is 7.31. The quantitative estimate of drug-likeness (QED) is 0.348. The number of hydrogen-bond donors (Lipinski definition) is 0. The molecule has 0 bridgehead atoms. The van der Waals surface area contributed by atoms with Gasteiger partial charge < -0.3 is 9.47 Å². The summed E-state index contributed by atoms with van der Waals surface area (Å²) in [5.74, 6) is 3.95. The maximum absolute atomic E-state index is 14.0. The predicted molar refractivity (Wildman–Crippen MR) is 134 cm³/mol. The Kier molecular flexibility index (Phi) is 9.29. The van der Waals surface area contributed by atoms with Gasteiger partial charge in [-0.05, 0) is 119 Å². The summed E-state index contributed by atoms with van der Waals surface area (Å²) in [6.45, 7) is 5.78.